The number of carbonyl (C=O) groups is 2. The predicted octanol–water partition coefficient (Wildman–Crippen LogP) is 2.02. The van der Waals surface area contributed by atoms with Gasteiger partial charge in [0.15, 0.2) is 6.61 Å². The molecule has 2 aromatic rings. The minimum Gasteiger partial charge on any atom is -0.385 e. The zero-order chi connectivity index (χ0) is 21.4. The van der Waals surface area contributed by atoms with E-state index in [0.717, 1.165) is 42.0 Å². The lowest BCUT2D eigenvalue weighted by molar-refractivity contribution is -0.126. The summed E-state index contributed by atoms with van der Waals surface area (Å²) in [7, 11) is 2.03. The van der Waals surface area contributed by atoms with Crippen molar-refractivity contribution in [2.75, 3.05) is 37.4 Å². The highest BCUT2D eigenvalue weighted by molar-refractivity contribution is 6.39. The molecular weight excluding hydrogens is 394 g/mol. The quantitative estimate of drug-likeness (QED) is 0.523. The van der Waals surface area contributed by atoms with Crippen LogP contribution in [0.3, 0.4) is 0 Å². The lowest BCUT2D eigenvalue weighted by Gasteiger charge is -2.12. The van der Waals surface area contributed by atoms with Crippen LogP contribution in [0.2, 0.25) is 0 Å². The Labute approximate surface area is 179 Å². The van der Waals surface area contributed by atoms with Gasteiger partial charge in [0, 0.05) is 35.1 Å². The van der Waals surface area contributed by atoms with Crippen LogP contribution in [0.15, 0.2) is 59.4 Å². The number of benzene rings is 2. The monoisotopic (exact) mass is 417 g/mol. The fourth-order valence-electron chi connectivity index (χ4n) is 4.25. The topological polar surface area (TPSA) is 95.1 Å². The summed E-state index contributed by atoms with van der Waals surface area (Å²) >= 11 is 0. The van der Waals surface area contributed by atoms with E-state index >= 15 is 0 Å². The highest BCUT2D eigenvalue weighted by Gasteiger charge is 2.34. The van der Waals surface area contributed by atoms with E-state index in [1.165, 1.54) is 0 Å². The number of amides is 2. The molecule has 3 aliphatic heterocycles. The van der Waals surface area contributed by atoms with E-state index in [4.69, 9.17) is 4.84 Å². The second-order valence-corrected chi connectivity index (χ2v) is 7.95. The first-order valence-electron chi connectivity index (χ1n) is 10.3. The molecule has 0 radical (unpaired) electrons. The maximum absolute atomic E-state index is 12.7. The van der Waals surface area contributed by atoms with Gasteiger partial charge in [-0.2, -0.15) is 0 Å². The maximum Gasteiger partial charge on any atom is 0.261 e. The molecule has 3 heterocycles. The number of nitrogens with zero attached hydrogens (tertiary/aromatic N) is 2. The highest BCUT2D eigenvalue weighted by atomic mass is 16.6. The summed E-state index contributed by atoms with van der Waals surface area (Å²) in [5.41, 5.74) is 4.80. The number of anilines is 2. The lowest BCUT2D eigenvalue weighted by atomic mass is 10.0. The first kappa shape index (κ1) is 19.3. The van der Waals surface area contributed by atoms with Crippen molar-refractivity contribution in [3.05, 3.63) is 65.4 Å². The molecule has 0 saturated carbocycles. The van der Waals surface area contributed by atoms with E-state index in [9.17, 15) is 9.59 Å². The Morgan fingerprint density at radius 3 is 2.58 bits per heavy atom. The Hall–Kier alpha value is -3.65. The number of hydrogen-bond acceptors (Lipinski definition) is 6. The third kappa shape index (κ3) is 3.66. The minimum absolute atomic E-state index is 0.138. The van der Waals surface area contributed by atoms with Crippen molar-refractivity contribution < 1.29 is 14.4 Å². The van der Waals surface area contributed by atoms with Crippen LogP contribution < -0.4 is 16.0 Å². The fourth-order valence-corrected chi connectivity index (χ4v) is 4.25. The van der Waals surface area contributed by atoms with Crippen molar-refractivity contribution >= 4 is 34.5 Å². The van der Waals surface area contributed by atoms with Gasteiger partial charge in [0.05, 0.1) is 11.3 Å². The normalized spacial score (nSPS) is 23.3. The molecule has 1 atom stereocenters. The Morgan fingerprint density at radius 1 is 1.13 bits per heavy atom. The van der Waals surface area contributed by atoms with Gasteiger partial charge in [-0.1, -0.05) is 41.6 Å². The number of para-hydroxylation sites is 2. The number of likely N-dealkylation sites (N-methyl/N-ethyl adjacent to an activating group) is 1. The molecule has 31 heavy (non-hydrogen) atoms. The summed E-state index contributed by atoms with van der Waals surface area (Å²) in [6.45, 7) is 1.62. The summed E-state index contributed by atoms with van der Waals surface area (Å²) in [5.74, 6) is -0.408. The second-order valence-electron chi connectivity index (χ2n) is 7.95. The summed E-state index contributed by atoms with van der Waals surface area (Å²) in [6, 6.07) is 15.3. The van der Waals surface area contributed by atoms with Crippen LogP contribution >= 0.6 is 0 Å². The van der Waals surface area contributed by atoms with Crippen molar-refractivity contribution in [2.45, 2.75) is 12.5 Å². The Bertz CT molecular complexity index is 1120. The molecule has 3 N–H and O–H groups in total. The summed E-state index contributed by atoms with van der Waals surface area (Å²) in [5, 5.41) is 13.4. The molecule has 5 rings (SSSR count). The lowest BCUT2D eigenvalue weighted by Crippen LogP contribution is -2.38. The number of likely N-dealkylation sites (tertiary alicyclic amines) is 1. The smallest absolute Gasteiger partial charge is 0.261 e. The fraction of sp³-hybridized carbons (Fsp3) is 0.261. The number of carbonyl (C=O) groups excluding carboxylic acids is 2. The average molecular weight is 417 g/mol. The zero-order valence-corrected chi connectivity index (χ0v) is 17.1. The van der Waals surface area contributed by atoms with Gasteiger partial charge in [-0.3, -0.25) is 9.59 Å². The molecule has 1 unspecified atom stereocenters. The molecule has 158 valence electrons. The summed E-state index contributed by atoms with van der Waals surface area (Å²) < 4.78 is 0. The van der Waals surface area contributed by atoms with E-state index in [-0.39, 0.29) is 24.5 Å². The average Bonchev–Trinajstić information content (AvgIpc) is 3.42. The van der Waals surface area contributed by atoms with E-state index in [1.807, 2.05) is 55.6 Å². The number of rotatable bonds is 4. The Morgan fingerprint density at radius 2 is 1.84 bits per heavy atom. The van der Waals surface area contributed by atoms with E-state index < -0.39 is 0 Å². The van der Waals surface area contributed by atoms with E-state index in [1.54, 1.807) is 0 Å². The number of nitrogens with one attached hydrogen (secondary N) is 3. The number of fused-ring (bicyclic) bond motifs is 2. The maximum atomic E-state index is 12.7. The molecule has 0 spiro atoms. The van der Waals surface area contributed by atoms with Crippen molar-refractivity contribution in [1.29, 1.82) is 0 Å². The molecule has 0 bridgehead atoms. The zero-order valence-electron chi connectivity index (χ0n) is 17.1. The van der Waals surface area contributed by atoms with Crippen LogP contribution in [0, 0.1) is 0 Å². The Balaban J connectivity index is 1.41. The third-order valence-corrected chi connectivity index (χ3v) is 5.71. The molecule has 8 heteroatoms. The van der Waals surface area contributed by atoms with Gasteiger partial charge in [-0.05, 0) is 32.1 Å². The van der Waals surface area contributed by atoms with Gasteiger partial charge in [0.2, 0.25) is 0 Å². The van der Waals surface area contributed by atoms with Gasteiger partial charge in [-0.15, -0.1) is 0 Å². The number of hydrogen-bond donors (Lipinski definition) is 3. The van der Waals surface area contributed by atoms with Gasteiger partial charge < -0.3 is 25.7 Å². The van der Waals surface area contributed by atoms with Crippen LogP contribution in [0.1, 0.15) is 17.5 Å². The number of oxime groups is 1. The third-order valence-electron chi connectivity index (χ3n) is 5.71. The first-order valence-corrected chi connectivity index (χ1v) is 10.3. The molecule has 2 aromatic carbocycles. The van der Waals surface area contributed by atoms with E-state index in [0.29, 0.717) is 17.0 Å². The SMILES string of the molecule is CN1CCC(NC(=O)CO/N=C2/C(=C3/C(=O)Nc4ccccc43)Nc3ccccc32)C1. The van der Waals surface area contributed by atoms with E-state index in [2.05, 4.69) is 26.0 Å². The van der Waals surface area contributed by atoms with Crippen molar-refractivity contribution in [3.63, 3.8) is 0 Å². The predicted molar refractivity (Wildman–Crippen MR) is 119 cm³/mol. The van der Waals surface area contributed by atoms with Gasteiger partial charge in [-0.25, -0.2) is 0 Å². The highest BCUT2D eigenvalue weighted by Crippen LogP contribution is 2.38. The van der Waals surface area contributed by atoms with Gasteiger partial charge in [0.1, 0.15) is 5.71 Å². The van der Waals surface area contributed by atoms with Crippen LogP contribution in [0.25, 0.3) is 5.57 Å². The molecule has 3 aliphatic rings. The number of allylic oxidation sites excluding steroid dienone is 1. The molecular formula is C23H23N5O3. The Kier molecular flexibility index (Phi) is 4.91. The molecule has 1 fully saturated rings. The summed E-state index contributed by atoms with van der Waals surface area (Å²) in [4.78, 5) is 32.6. The molecule has 2 amide bonds. The summed E-state index contributed by atoms with van der Waals surface area (Å²) in [6.07, 6.45) is 0.929. The molecule has 8 nitrogen and oxygen atoms in total. The standard InChI is InChI=1S/C23H23N5O3/c1-28-11-10-14(12-28)24-19(29)13-31-27-21-16-7-3-5-9-18(16)25-22(21)20-15-6-2-4-8-17(15)26-23(20)30/h2-9,14,25H,10-13H2,1H3,(H,24,29)(H,26,30)/b22-20-,27-21+. The van der Waals surface area contributed by atoms with Gasteiger partial charge in [0.25, 0.3) is 11.8 Å². The van der Waals surface area contributed by atoms with Crippen molar-refractivity contribution in [1.82, 2.24) is 10.2 Å². The van der Waals surface area contributed by atoms with Crippen LogP contribution in [0.4, 0.5) is 11.4 Å². The van der Waals surface area contributed by atoms with Crippen molar-refractivity contribution in [3.8, 4) is 0 Å². The van der Waals surface area contributed by atoms with Crippen molar-refractivity contribution in [2.24, 2.45) is 5.16 Å². The first-order chi connectivity index (χ1) is 15.1. The molecule has 0 aromatic heterocycles. The van der Waals surface area contributed by atoms with Crippen LogP contribution in [0.5, 0.6) is 0 Å². The minimum atomic E-state index is -0.206. The van der Waals surface area contributed by atoms with Crippen LogP contribution in [-0.4, -0.2) is 55.2 Å². The largest absolute Gasteiger partial charge is 0.385 e. The molecule has 1 saturated heterocycles. The van der Waals surface area contributed by atoms with Gasteiger partial charge >= 0.3 is 0 Å². The second kappa shape index (κ2) is 7.88. The molecule has 0 aliphatic carbocycles. The van der Waals surface area contributed by atoms with Crippen LogP contribution in [-0.2, 0) is 14.4 Å².